The average Bonchev–Trinajstić information content (AvgIpc) is 3.44. The van der Waals surface area contributed by atoms with Gasteiger partial charge in [-0.15, -0.1) is 0 Å². The molecule has 50 heavy (non-hydrogen) atoms. The van der Waals surface area contributed by atoms with Crippen molar-refractivity contribution in [3.63, 3.8) is 0 Å². The van der Waals surface area contributed by atoms with Crippen molar-refractivity contribution in [1.29, 1.82) is 0 Å². The zero-order valence-corrected chi connectivity index (χ0v) is 27.4. The minimum Gasteiger partial charge on any atom is -0.449 e. The molecule has 2 atom stereocenters. The molecule has 0 saturated heterocycles. The number of aldehydes is 1. The molecule has 0 bridgehead atoms. The van der Waals surface area contributed by atoms with Gasteiger partial charge in [-0.3, -0.25) is 14.9 Å². The summed E-state index contributed by atoms with van der Waals surface area (Å²) in [4.78, 5) is 60.1. The van der Waals surface area contributed by atoms with Crippen molar-refractivity contribution in [2.75, 3.05) is 18.5 Å². The largest absolute Gasteiger partial charge is 0.514 e. The van der Waals surface area contributed by atoms with Gasteiger partial charge in [0.05, 0.1) is 4.92 Å². The summed E-state index contributed by atoms with van der Waals surface area (Å²) in [7, 11) is 0. The first-order valence-electron chi connectivity index (χ1n) is 15.9. The van der Waals surface area contributed by atoms with E-state index in [9.17, 15) is 29.3 Å². The van der Waals surface area contributed by atoms with Crippen LogP contribution in [0.15, 0.2) is 97.1 Å². The fourth-order valence-corrected chi connectivity index (χ4v) is 5.56. The Bertz CT molecular complexity index is 1800. The Hall–Kier alpha value is -6.24. The van der Waals surface area contributed by atoms with Gasteiger partial charge in [0.15, 0.2) is 0 Å². The lowest BCUT2D eigenvalue weighted by atomic mass is 9.98. The maximum atomic E-state index is 13.2. The van der Waals surface area contributed by atoms with Crippen molar-refractivity contribution < 1.29 is 38.3 Å². The Morgan fingerprint density at radius 3 is 2.04 bits per heavy atom. The quantitative estimate of drug-likeness (QED) is 0.0473. The van der Waals surface area contributed by atoms with Gasteiger partial charge in [0.25, 0.3) is 5.69 Å². The molecule has 1 aliphatic carbocycles. The molecule has 2 amide bonds. The van der Waals surface area contributed by atoms with Gasteiger partial charge in [0.1, 0.15) is 37.3 Å². The number of hydrogen-bond donors (Lipinski definition) is 3. The van der Waals surface area contributed by atoms with Crippen molar-refractivity contribution in [2.24, 2.45) is 5.92 Å². The van der Waals surface area contributed by atoms with E-state index in [2.05, 4.69) is 16.0 Å². The maximum absolute atomic E-state index is 13.2. The van der Waals surface area contributed by atoms with E-state index in [1.54, 1.807) is 38.1 Å². The van der Waals surface area contributed by atoms with Crippen LogP contribution < -0.4 is 20.7 Å². The third-order valence-electron chi connectivity index (χ3n) is 8.14. The number of amides is 2. The number of carbonyl (C=O) groups is 4. The lowest BCUT2D eigenvalue weighted by molar-refractivity contribution is -0.384. The number of benzene rings is 4. The lowest BCUT2D eigenvalue weighted by Gasteiger charge is -2.24. The van der Waals surface area contributed by atoms with Gasteiger partial charge in [0, 0.05) is 30.3 Å². The second kappa shape index (κ2) is 16.2. The summed E-state index contributed by atoms with van der Waals surface area (Å²) in [5, 5.41) is 19.2. The molecule has 0 aliphatic heterocycles. The van der Waals surface area contributed by atoms with Crippen molar-refractivity contribution in [2.45, 2.75) is 38.5 Å². The molecule has 0 heterocycles. The second-order valence-corrected chi connectivity index (χ2v) is 11.9. The van der Waals surface area contributed by atoms with Crippen molar-refractivity contribution >= 4 is 35.8 Å². The Morgan fingerprint density at radius 1 is 0.840 bits per heavy atom. The summed E-state index contributed by atoms with van der Waals surface area (Å²) in [5.74, 6) is -0.847. The van der Waals surface area contributed by atoms with Gasteiger partial charge in [-0.2, -0.15) is 0 Å². The molecule has 0 aromatic heterocycles. The molecule has 4 aromatic carbocycles. The molecule has 13 heteroatoms. The lowest BCUT2D eigenvalue weighted by Crippen LogP contribution is -2.53. The molecule has 0 spiro atoms. The highest BCUT2D eigenvalue weighted by atomic mass is 16.7. The number of nitro groups is 1. The average molecular weight is 681 g/mol. The molecule has 0 unspecified atom stereocenters. The van der Waals surface area contributed by atoms with Gasteiger partial charge in [-0.25, -0.2) is 9.59 Å². The Labute approximate surface area is 288 Å². The van der Waals surface area contributed by atoms with E-state index in [1.165, 1.54) is 24.3 Å². The number of nitrogens with zero attached hydrogens (tertiary/aromatic N) is 1. The Kier molecular flexibility index (Phi) is 11.4. The number of non-ortho nitro benzene ring substituents is 1. The van der Waals surface area contributed by atoms with Gasteiger partial charge in [0.2, 0.25) is 5.91 Å². The first-order chi connectivity index (χ1) is 24.1. The number of anilines is 1. The van der Waals surface area contributed by atoms with Crippen LogP contribution in [0.3, 0.4) is 0 Å². The summed E-state index contributed by atoms with van der Waals surface area (Å²) in [6.45, 7) is 3.64. The molecular formula is C37H36N4O9. The third kappa shape index (κ3) is 8.81. The van der Waals surface area contributed by atoms with Crippen molar-refractivity contribution in [1.82, 2.24) is 10.6 Å². The fraction of sp³-hybridized carbons (Fsp3) is 0.243. The molecular weight excluding hydrogens is 644 g/mol. The normalized spacial score (nSPS) is 12.9. The first-order valence-corrected chi connectivity index (χ1v) is 15.9. The monoisotopic (exact) mass is 680 g/mol. The molecule has 0 radical (unpaired) electrons. The molecule has 5 rings (SSSR count). The predicted molar refractivity (Wildman–Crippen MR) is 184 cm³/mol. The summed E-state index contributed by atoms with van der Waals surface area (Å²) in [6, 6.07) is 26.0. The number of nitrogens with one attached hydrogen (secondary N) is 3. The highest BCUT2D eigenvalue weighted by Gasteiger charge is 2.31. The maximum Gasteiger partial charge on any atom is 0.514 e. The van der Waals surface area contributed by atoms with Crippen LogP contribution in [0.1, 0.15) is 36.5 Å². The van der Waals surface area contributed by atoms with Gasteiger partial charge in [-0.1, -0.05) is 74.5 Å². The zero-order valence-electron chi connectivity index (χ0n) is 27.4. The number of ether oxygens (including phenoxy) is 3. The fourth-order valence-electron chi connectivity index (χ4n) is 5.56. The smallest absolute Gasteiger partial charge is 0.449 e. The minimum atomic E-state index is -0.974. The van der Waals surface area contributed by atoms with Crippen molar-refractivity contribution in [3.05, 3.63) is 124 Å². The molecule has 13 nitrogen and oxygen atoms in total. The van der Waals surface area contributed by atoms with E-state index in [4.69, 9.17) is 14.2 Å². The summed E-state index contributed by atoms with van der Waals surface area (Å²) in [5.41, 5.74) is 5.52. The second-order valence-electron chi connectivity index (χ2n) is 11.9. The van der Waals surface area contributed by atoms with Crippen LogP contribution in [0.2, 0.25) is 0 Å². The van der Waals surface area contributed by atoms with Crippen LogP contribution in [0.25, 0.3) is 11.1 Å². The van der Waals surface area contributed by atoms with E-state index in [1.807, 2.05) is 48.5 Å². The molecule has 0 saturated carbocycles. The first kappa shape index (κ1) is 35.1. The van der Waals surface area contributed by atoms with Crippen LogP contribution in [0.4, 0.5) is 21.0 Å². The van der Waals surface area contributed by atoms with Crippen LogP contribution in [-0.4, -0.2) is 54.6 Å². The molecule has 4 aromatic rings. The molecule has 258 valence electrons. The van der Waals surface area contributed by atoms with Crippen molar-refractivity contribution in [3.8, 4) is 16.9 Å². The summed E-state index contributed by atoms with van der Waals surface area (Å²) < 4.78 is 15.7. The van der Waals surface area contributed by atoms with Crippen LogP contribution in [0.5, 0.6) is 5.75 Å². The SMILES string of the molecule is CC(C)[C@H](NC(=O)OCC1c2ccccc2-c2ccccc21)C(=O)N[C@H](C=O)CNc1ccc(COC(=O)Oc2ccc([N+](=O)[O-])cc2)cc1. The highest BCUT2D eigenvalue weighted by molar-refractivity contribution is 5.88. The molecule has 0 fully saturated rings. The molecule has 3 N–H and O–H groups in total. The number of carbonyl (C=O) groups excluding carboxylic acids is 4. The standard InChI is InChI=1S/C37H36N4O9/c1-23(2)34(40-36(44)48-22-33-31-9-5-3-7-29(31)30-8-4-6-10-32(30)33)35(43)39-26(20-42)19-38-25-13-11-24(12-14-25)21-49-37(45)50-28-17-15-27(16-18-28)41(46)47/h3-18,20,23,26,33-34,38H,19,21-22H2,1-2H3,(H,39,43)(H,40,44)/t26-,34-/m0/s1. The molecule has 1 aliphatic rings. The van der Waals surface area contributed by atoms with Crippen LogP contribution >= 0.6 is 0 Å². The van der Waals surface area contributed by atoms with E-state index >= 15 is 0 Å². The number of nitro benzene ring substituents is 1. The minimum absolute atomic E-state index is 0.0718. The van der Waals surface area contributed by atoms with Gasteiger partial charge in [-0.05, 0) is 58.0 Å². The number of rotatable bonds is 14. The van der Waals surface area contributed by atoms with Crippen LogP contribution in [-0.2, 0) is 25.7 Å². The third-order valence-corrected chi connectivity index (χ3v) is 8.14. The number of alkyl carbamates (subject to hydrolysis) is 1. The van der Waals surface area contributed by atoms with Gasteiger partial charge >= 0.3 is 12.2 Å². The van der Waals surface area contributed by atoms with E-state index in [-0.39, 0.29) is 43.0 Å². The predicted octanol–water partition coefficient (Wildman–Crippen LogP) is 5.97. The van der Waals surface area contributed by atoms with Gasteiger partial charge < -0.3 is 35.0 Å². The number of hydrogen-bond acceptors (Lipinski definition) is 10. The topological polar surface area (TPSA) is 175 Å². The highest BCUT2D eigenvalue weighted by Crippen LogP contribution is 2.44. The number of fused-ring (bicyclic) bond motifs is 3. The summed E-state index contributed by atoms with van der Waals surface area (Å²) in [6.07, 6.45) is -1.10. The van der Waals surface area contributed by atoms with E-state index in [0.29, 0.717) is 17.5 Å². The van der Waals surface area contributed by atoms with E-state index < -0.39 is 35.2 Å². The summed E-state index contributed by atoms with van der Waals surface area (Å²) >= 11 is 0. The Morgan fingerprint density at radius 2 is 1.46 bits per heavy atom. The Balaban J connectivity index is 1.07. The van der Waals surface area contributed by atoms with E-state index in [0.717, 1.165) is 22.3 Å². The van der Waals surface area contributed by atoms with Crippen LogP contribution in [0, 0.1) is 16.0 Å². The zero-order chi connectivity index (χ0) is 35.6.